The Morgan fingerprint density at radius 1 is 1.37 bits per heavy atom. The van der Waals surface area contributed by atoms with Crippen LogP contribution in [0.2, 0.25) is 0 Å². The maximum Gasteiger partial charge on any atom is 0.130 e. The topological polar surface area (TPSA) is 107 Å². The normalized spacial score (nSPS) is 17.1. The third-order valence-electron chi connectivity index (χ3n) is 5.49. The van der Waals surface area contributed by atoms with Gasteiger partial charge in [0.2, 0.25) is 0 Å². The van der Waals surface area contributed by atoms with Crippen LogP contribution in [0.3, 0.4) is 0 Å². The maximum absolute atomic E-state index is 8.83. The Hall–Kier alpha value is -2.84. The molecule has 4 N–H and O–H groups in total. The van der Waals surface area contributed by atoms with Crippen molar-refractivity contribution in [3.8, 4) is 11.4 Å². The molecule has 1 saturated heterocycles. The van der Waals surface area contributed by atoms with Crippen LogP contribution in [0.5, 0.6) is 0 Å². The molecule has 4 heterocycles. The van der Waals surface area contributed by atoms with E-state index < -0.39 is 0 Å². The molecular formula is C22H30N7O+. The summed E-state index contributed by atoms with van der Waals surface area (Å²) in [6.45, 7) is 9.52. The number of pyridine rings is 2. The molecule has 0 radical (unpaired) electrons. The van der Waals surface area contributed by atoms with Gasteiger partial charge in [-0.05, 0) is 39.0 Å². The first-order valence-corrected chi connectivity index (χ1v) is 10.6. The zero-order valence-corrected chi connectivity index (χ0v) is 17.9. The number of rotatable bonds is 7. The highest BCUT2D eigenvalue weighted by molar-refractivity contribution is 6.11. The molecule has 4 rings (SSSR count). The predicted octanol–water partition coefficient (Wildman–Crippen LogP) is 1.97. The van der Waals surface area contributed by atoms with Crippen molar-refractivity contribution in [3.05, 3.63) is 36.2 Å². The summed E-state index contributed by atoms with van der Waals surface area (Å²) in [5.74, 6) is 0.875. The number of hydrogen-bond donors (Lipinski definition) is 3. The molecule has 3 aromatic heterocycles. The first kappa shape index (κ1) is 20.4. The summed E-state index contributed by atoms with van der Waals surface area (Å²) >= 11 is 0. The van der Waals surface area contributed by atoms with Crippen LogP contribution in [0.25, 0.3) is 22.3 Å². The van der Waals surface area contributed by atoms with Gasteiger partial charge >= 0.3 is 0 Å². The lowest BCUT2D eigenvalue weighted by Gasteiger charge is -2.34. The fourth-order valence-corrected chi connectivity index (χ4v) is 3.88. The van der Waals surface area contributed by atoms with E-state index in [2.05, 4.69) is 52.2 Å². The Balaban J connectivity index is 1.82. The summed E-state index contributed by atoms with van der Waals surface area (Å²) in [5, 5.41) is 19.1. The highest BCUT2D eigenvalue weighted by Gasteiger charge is 2.23. The molecule has 1 atom stereocenters. The van der Waals surface area contributed by atoms with Crippen LogP contribution >= 0.6 is 0 Å². The smallest absolute Gasteiger partial charge is 0.130 e. The number of ether oxygens (including phenoxy) is 1. The maximum atomic E-state index is 8.83. The van der Waals surface area contributed by atoms with E-state index in [9.17, 15) is 0 Å². The van der Waals surface area contributed by atoms with E-state index in [4.69, 9.17) is 15.1 Å². The quantitative estimate of drug-likeness (QED) is 0.518. The van der Waals surface area contributed by atoms with Gasteiger partial charge in [-0.3, -0.25) is 10.1 Å². The largest absolute Gasteiger partial charge is 0.377 e. The number of quaternary nitrogens is 1. The van der Waals surface area contributed by atoms with Gasteiger partial charge < -0.3 is 20.4 Å². The Kier molecular flexibility index (Phi) is 6.06. The number of morpholine rings is 1. The lowest BCUT2D eigenvalue weighted by Crippen LogP contribution is -2.88. The second-order valence-corrected chi connectivity index (χ2v) is 8.17. The van der Waals surface area contributed by atoms with Crippen molar-refractivity contribution >= 4 is 22.4 Å². The number of aromatic nitrogens is 4. The number of aromatic amines is 1. The Morgan fingerprint density at radius 3 is 2.97 bits per heavy atom. The standard InChI is InChI=1S/C22H29N7O/c1-14(2)24-8-5-18(23)17-12-20(29-10-11-30-13-15(29)3)27-21-16(17)4-7-25-22(21)19-6-9-26-28-19/h4,6-7,9,12,14-15,23-24H,5,8,10-11,13H2,1-3H3,(H,26,28)/p+1. The summed E-state index contributed by atoms with van der Waals surface area (Å²) in [6.07, 6.45) is 4.21. The van der Waals surface area contributed by atoms with Crippen LogP contribution in [0.1, 0.15) is 32.8 Å². The third-order valence-corrected chi connectivity index (χ3v) is 5.49. The van der Waals surface area contributed by atoms with Crippen LogP contribution in [0.15, 0.2) is 30.6 Å². The molecule has 1 fully saturated rings. The monoisotopic (exact) mass is 408 g/mol. The summed E-state index contributed by atoms with van der Waals surface area (Å²) in [4.78, 5) is 11.9. The van der Waals surface area contributed by atoms with Gasteiger partial charge in [0, 0.05) is 42.0 Å². The molecule has 8 nitrogen and oxygen atoms in total. The van der Waals surface area contributed by atoms with E-state index in [1.165, 1.54) is 0 Å². The van der Waals surface area contributed by atoms with Crippen LogP contribution in [0, 0.1) is 5.41 Å². The number of nitrogens with two attached hydrogens (primary N) is 1. The van der Waals surface area contributed by atoms with E-state index >= 15 is 0 Å². The minimum Gasteiger partial charge on any atom is -0.377 e. The van der Waals surface area contributed by atoms with Crippen molar-refractivity contribution in [1.29, 1.82) is 5.41 Å². The van der Waals surface area contributed by atoms with Gasteiger partial charge in [0.15, 0.2) is 0 Å². The van der Waals surface area contributed by atoms with Crippen LogP contribution in [0.4, 0.5) is 5.82 Å². The first-order chi connectivity index (χ1) is 14.5. The number of nitrogens with zero attached hydrogens (tertiary/aromatic N) is 4. The Labute approximate surface area is 176 Å². The zero-order valence-electron chi connectivity index (χ0n) is 17.9. The molecule has 8 heteroatoms. The van der Waals surface area contributed by atoms with Gasteiger partial charge in [0.25, 0.3) is 0 Å². The minimum atomic E-state index is 0.229. The van der Waals surface area contributed by atoms with Gasteiger partial charge in [-0.1, -0.05) is 0 Å². The number of H-pyrrole nitrogens is 1. The fourth-order valence-electron chi connectivity index (χ4n) is 3.88. The highest BCUT2D eigenvalue weighted by atomic mass is 16.5. The van der Waals surface area contributed by atoms with Crippen LogP contribution < -0.4 is 10.2 Å². The van der Waals surface area contributed by atoms with Crippen LogP contribution in [-0.4, -0.2) is 64.3 Å². The predicted molar refractivity (Wildman–Crippen MR) is 118 cm³/mol. The van der Waals surface area contributed by atoms with Gasteiger partial charge in [-0.2, -0.15) is 5.10 Å². The van der Waals surface area contributed by atoms with Crippen molar-refractivity contribution in [1.82, 2.24) is 20.2 Å². The van der Waals surface area contributed by atoms with Gasteiger partial charge in [-0.25, -0.2) is 4.98 Å². The molecule has 0 bridgehead atoms. The second kappa shape index (κ2) is 8.89. The molecule has 0 aliphatic carbocycles. The summed E-state index contributed by atoms with van der Waals surface area (Å²) in [7, 11) is 0. The average molecular weight is 409 g/mol. The molecule has 1 unspecified atom stereocenters. The summed E-state index contributed by atoms with van der Waals surface area (Å²) in [5.41, 5.74) is 3.93. The summed E-state index contributed by atoms with van der Waals surface area (Å²) in [6, 6.07) is 6.68. The van der Waals surface area contributed by atoms with Crippen molar-refractivity contribution < 1.29 is 10.1 Å². The zero-order chi connectivity index (χ0) is 21.1. The molecule has 0 saturated carbocycles. The van der Waals surface area contributed by atoms with E-state index in [0.717, 1.165) is 46.8 Å². The van der Waals surface area contributed by atoms with Gasteiger partial charge in [-0.15, -0.1) is 0 Å². The van der Waals surface area contributed by atoms with Gasteiger partial charge in [0.1, 0.15) is 17.0 Å². The Morgan fingerprint density at radius 2 is 2.23 bits per heavy atom. The SMILES string of the molecule is CC(C)[NH2+]CCC(=N)c1cc(N2CCOCC2C)nc2c(-c3ccn[nH]3)nccc12. The highest BCUT2D eigenvalue weighted by Crippen LogP contribution is 2.30. The van der Waals surface area contributed by atoms with Crippen LogP contribution in [-0.2, 0) is 4.74 Å². The van der Waals surface area contributed by atoms with Crippen molar-refractivity contribution in [2.75, 3.05) is 31.2 Å². The van der Waals surface area contributed by atoms with Crippen molar-refractivity contribution in [2.24, 2.45) is 0 Å². The molecule has 3 aromatic rings. The molecule has 158 valence electrons. The Bertz CT molecular complexity index is 1020. The van der Waals surface area contributed by atoms with E-state index in [-0.39, 0.29) is 6.04 Å². The molecule has 30 heavy (non-hydrogen) atoms. The van der Waals surface area contributed by atoms with Crippen molar-refractivity contribution in [3.63, 3.8) is 0 Å². The fraction of sp³-hybridized carbons (Fsp3) is 0.455. The number of fused-ring (bicyclic) bond motifs is 1. The van der Waals surface area contributed by atoms with Gasteiger partial charge in [0.05, 0.1) is 37.5 Å². The van der Waals surface area contributed by atoms with E-state index in [0.29, 0.717) is 31.4 Å². The van der Waals surface area contributed by atoms with E-state index in [1.807, 2.05) is 12.1 Å². The molecular weight excluding hydrogens is 378 g/mol. The summed E-state index contributed by atoms with van der Waals surface area (Å²) < 4.78 is 5.62. The molecule has 1 aliphatic rings. The number of nitrogens with one attached hydrogen (secondary N) is 2. The first-order valence-electron chi connectivity index (χ1n) is 10.6. The minimum absolute atomic E-state index is 0.229. The lowest BCUT2D eigenvalue weighted by molar-refractivity contribution is -0.681. The molecule has 0 aromatic carbocycles. The third kappa shape index (κ3) is 4.20. The average Bonchev–Trinajstić information content (AvgIpc) is 3.27. The second-order valence-electron chi connectivity index (χ2n) is 8.17. The number of anilines is 1. The van der Waals surface area contributed by atoms with E-state index in [1.54, 1.807) is 12.4 Å². The lowest BCUT2D eigenvalue weighted by atomic mass is 10.0. The van der Waals surface area contributed by atoms with Crippen molar-refractivity contribution in [2.45, 2.75) is 39.3 Å². The molecule has 0 amide bonds. The molecule has 1 aliphatic heterocycles. The molecule has 0 spiro atoms. The number of hydrogen-bond acceptors (Lipinski definition) is 6.